The van der Waals surface area contributed by atoms with Crippen molar-refractivity contribution in [3.05, 3.63) is 42.2 Å². The molecule has 2 rings (SSSR count). The summed E-state index contributed by atoms with van der Waals surface area (Å²) in [6.45, 7) is 6.09. The van der Waals surface area contributed by atoms with Gasteiger partial charge < -0.3 is 5.32 Å². The molecular formula is C14H21N5. The Labute approximate surface area is 114 Å². The fourth-order valence-electron chi connectivity index (χ4n) is 2.16. The van der Waals surface area contributed by atoms with Crippen LogP contribution in [0, 0.1) is 0 Å². The van der Waals surface area contributed by atoms with Gasteiger partial charge in [0.15, 0.2) is 0 Å². The van der Waals surface area contributed by atoms with E-state index in [1.54, 1.807) is 12.5 Å². The largest absolute Gasteiger partial charge is 0.310 e. The summed E-state index contributed by atoms with van der Waals surface area (Å²) >= 11 is 0. The van der Waals surface area contributed by atoms with Gasteiger partial charge in [0.2, 0.25) is 0 Å². The molecule has 0 saturated heterocycles. The zero-order valence-corrected chi connectivity index (χ0v) is 11.6. The van der Waals surface area contributed by atoms with Gasteiger partial charge in [-0.1, -0.05) is 19.9 Å². The highest BCUT2D eigenvalue weighted by Crippen LogP contribution is 2.16. The number of pyridine rings is 1. The molecule has 0 fully saturated rings. The highest BCUT2D eigenvalue weighted by molar-refractivity contribution is 5.15. The van der Waals surface area contributed by atoms with Crippen LogP contribution < -0.4 is 5.32 Å². The lowest BCUT2D eigenvalue weighted by molar-refractivity contribution is 0.498. The third-order valence-corrected chi connectivity index (χ3v) is 3.06. The van der Waals surface area contributed by atoms with Crippen molar-refractivity contribution >= 4 is 0 Å². The lowest BCUT2D eigenvalue weighted by Gasteiger charge is -2.17. The van der Waals surface area contributed by atoms with Crippen molar-refractivity contribution in [2.45, 2.75) is 39.3 Å². The van der Waals surface area contributed by atoms with E-state index in [0.717, 1.165) is 31.8 Å². The number of nitrogens with zero attached hydrogens (tertiary/aromatic N) is 4. The van der Waals surface area contributed by atoms with E-state index in [-0.39, 0.29) is 6.04 Å². The van der Waals surface area contributed by atoms with E-state index in [2.05, 4.69) is 40.3 Å². The molecule has 102 valence electrons. The number of hydrogen-bond acceptors (Lipinski definition) is 4. The second-order valence-electron chi connectivity index (χ2n) is 4.50. The van der Waals surface area contributed by atoms with Gasteiger partial charge in [-0.3, -0.25) is 9.67 Å². The first-order chi connectivity index (χ1) is 9.35. The number of nitrogens with one attached hydrogen (secondary N) is 1. The van der Waals surface area contributed by atoms with Crippen LogP contribution in [0.15, 0.2) is 30.9 Å². The van der Waals surface area contributed by atoms with E-state index in [1.807, 2.05) is 16.9 Å². The monoisotopic (exact) mass is 259 g/mol. The summed E-state index contributed by atoms with van der Waals surface area (Å²) in [4.78, 5) is 8.57. The maximum Gasteiger partial charge on any atom is 0.138 e. The Morgan fingerprint density at radius 1 is 1.37 bits per heavy atom. The Hall–Kier alpha value is -1.75. The first kappa shape index (κ1) is 13.7. The number of rotatable bonds is 7. The molecule has 5 heteroatoms. The summed E-state index contributed by atoms with van der Waals surface area (Å²) < 4.78 is 1.99. The topological polar surface area (TPSA) is 55.6 Å². The van der Waals surface area contributed by atoms with Gasteiger partial charge in [-0.2, -0.15) is 5.10 Å². The molecule has 1 unspecified atom stereocenters. The summed E-state index contributed by atoms with van der Waals surface area (Å²) in [7, 11) is 0. The van der Waals surface area contributed by atoms with Crippen LogP contribution in [0.25, 0.3) is 0 Å². The molecule has 2 aromatic rings. The quantitative estimate of drug-likeness (QED) is 0.826. The molecule has 0 aliphatic carbocycles. The van der Waals surface area contributed by atoms with Crippen molar-refractivity contribution in [2.24, 2.45) is 0 Å². The van der Waals surface area contributed by atoms with E-state index < -0.39 is 0 Å². The van der Waals surface area contributed by atoms with Crippen LogP contribution in [0.2, 0.25) is 0 Å². The highest BCUT2D eigenvalue weighted by atomic mass is 15.3. The Balaban J connectivity index is 2.14. The Kier molecular flexibility index (Phi) is 5.03. The third kappa shape index (κ3) is 3.61. The summed E-state index contributed by atoms with van der Waals surface area (Å²) in [6.07, 6.45) is 7.24. The van der Waals surface area contributed by atoms with E-state index in [4.69, 9.17) is 0 Å². The molecule has 19 heavy (non-hydrogen) atoms. The third-order valence-electron chi connectivity index (χ3n) is 3.06. The molecule has 0 saturated carbocycles. The van der Waals surface area contributed by atoms with Gasteiger partial charge in [0.25, 0.3) is 0 Å². The van der Waals surface area contributed by atoms with Crippen molar-refractivity contribution in [3.63, 3.8) is 0 Å². The van der Waals surface area contributed by atoms with E-state index in [9.17, 15) is 0 Å². The van der Waals surface area contributed by atoms with E-state index in [0.29, 0.717) is 0 Å². The zero-order valence-electron chi connectivity index (χ0n) is 11.6. The van der Waals surface area contributed by atoms with Crippen molar-refractivity contribution in [3.8, 4) is 0 Å². The van der Waals surface area contributed by atoms with Gasteiger partial charge >= 0.3 is 0 Å². The normalized spacial score (nSPS) is 12.5. The van der Waals surface area contributed by atoms with Gasteiger partial charge in [-0.05, 0) is 24.6 Å². The maximum absolute atomic E-state index is 4.37. The molecule has 0 amide bonds. The molecule has 0 aliphatic heterocycles. The van der Waals surface area contributed by atoms with Crippen LogP contribution in [-0.4, -0.2) is 26.3 Å². The highest BCUT2D eigenvalue weighted by Gasteiger charge is 2.14. The Morgan fingerprint density at radius 2 is 2.26 bits per heavy atom. The van der Waals surface area contributed by atoms with Gasteiger partial charge in [0.05, 0.1) is 0 Å². The molecule has 5 nitrogen and oxygen atoms in total. The van der Waals surface area contributed by atoms with Crippen LogP contribution in [0.3, 0.4) is 0 Å². The first-order valence-corrected chi connectivity index (χ1v) is 6.85. The fourth-order valence-corrected chi connectivity index (χ4v) is 2.16. The Morgan fingerprint density at radius 3 is 2.95 bits per heavy atom. The number of aromatic nitrogens is 4. The standard InChI is InChI=1S/C14H21N5/c1-3-8-19-14(17-11-18-19)9-13(16-4-2)12-6-5-7-15-10-12/h5-7,10-11,13,16H,3-4,8-9H2,1-2H3. The molecule has 0 spiro atoms. The molecule has 1 N–H and O–H groups in total. The average molecular weight is 259 g/mol. The molecule has 1 atom stereocenters. The van der Waals surface area contributed by atoms with Gasteiger partial charge in [0.1, 0.15) is 12.2 Å². The molecule has 0 bridgehead atoms. The number of hydrogen-bond donors (Lipinski definition) is 1. The van der Waals surface area contributed by atoms with Crippen LogP contribution >= 0.6 is 0 Å². The van der Waals surface area contributed by atoms with E-state index >= 15 is 0 Å². The molecule has 0 aromatic carbocycles. The van der Waals surface area contributed by atoms with Crippen LogP contribution in [0.5, 0.6) is 0 Å². The lowest BCUT2D eigenvalue weighted by atomic mass is 10.1. The van der Waals surface area contributed by atoms with Gasteiger partial charge in [-0.15, -0.1) is 0 Å². The van der Waals surface area contributed by atoms with Gasteiger partial charge in [-0.25, -0.2) is 4.98 Å². The van der Waals surface area contributed by atoms with Crippen LogP contribution in [-0.2, 0) is 13.0 Å². The lowest BCUT2D eigenvalue weighted by Crippen LogP contribution is -2.24. The van der Waals surface area contributed by atoms with Gasteiger partial charge in [0, 0.05) is 31.4 Å². The number of aryl methyl sites for hydroxylation is 1. The van der Waals surface area contributed by atoms with Crippen molar-refractivity contribution in [1.29, 1.82) is 0 Å². The maximum atomic E-state index is 4.37. The van der Waals surface area contributed by atoms with Crippen LogP contribution in [0.4, 0.5) is 0 Å². The minimum absolute atomic E-state index is 0.235. The van der Waals surface area contributed by atoms with Crippen LogP contribution in [0.1, 0.15) is 37.7 Å². The predicted octanol–water partition coefficient (Wildman–Crippen LogP) is 1.98. The average Bonchev–Trinajstić information content (AvgIpc) is 2.87. The second kappa shape index (κ2) is 6.99. The zero-order chi connectivity index (χ0) is 13.5. The first-order valence-electron chi connectivity index (χ1n) is 6.85. The molecule has 0 aliphatic rings. The summed E-state index contributed by atoms with van der Waals surface area (Å²) in [6, 6.07) is 4.30. The smallest absolute Gasteiger partial charge is 0.138 e. The summed E-state index contributed by atoms with van der Waals surface area (Å²) in [5.74, 6) is 1.02. The summed E-state index contributed by atoms with van der Waals surface area (Å²) in [5.41, 5.74) is 1.19. The summed E-state index contributed by atoms with van der Waals surface area (Å²) in [5, 5.41) is 7.76. The second-order valence-corrected chi connectivity index (χ2v) is 4.50. The fraction of sp³-hybridized carbons (Fsp3) is 0.500. The van der Waals surface area contributed by atoms with Crippen molar-refractivity contribution < 1.29 is 0 Å². The van der Waals surface area contributed by atoms with Crippen molar-refractivity contribution in [2.75, 3.05) is 6.54 Å². The van der Waals surface area contributed by atoms with Crippen molar-refractivity contribution in [1.82, 2.24) is 25.1 Å². The molecular weight excluding hydrogens is 238 g/mol. The predicted molar refractivity (Wildman–Crippen MR) is 74.7 cm³/mol. The van der Waals surface area contributed by atoms with E-state index in [1.165, 1.54) is 5.56 Å². The number of likely N-dealkylation sites (N-methyl/N-ethyl adjacent to an activating group) is 1. The molecule has 2 heterocycles. The minimum Gasteiger partial charge on any atom is -0.310 e. The minimum atomic E-state index is 0.235. The molecule has 2 aromatic heterocycles. The molecule has 0 radical (unpaired) electrons. The SMILES string of the molecule is CCCn1ncnc1CC(NCC)c1cccnc1. The Bertz CT molecular complexity index is 480.